The van der Waals surface area contributed by atoms with Gasteiger partial charge in [0.25, 0.3) is 0 Å². The summed E-state index contributed by atoms with van der Waals surface area (Å²) in [6.45, 7) is 11.4. The second-order valence-corrected chi connectivity index (χ2v) is 6.02. The van der Waals surface area contributed by atoms with Crippen LogP contribution in [0.2, 0.25) is 0 Å². The van der Waals surface area contributed by atoms with Crippen LogP contribution in [0.5, 0.6) is 0 Å². The van der Waals surface area contributed by atoms with Gasteiger partial charge in [0.1, 0.15) is 0 Å². The third kappa shape index (κ3) is 10.5. The van der Waals surface area contributed by atoms with Gasteiger partial charge in [0.05, 0.1) is 0 Å². The number of hydrogen-bond donors (Lipinski definition) is 0. The maximum atomic E-state index is 3.60. The summed E-state index contributed by atoms with van der Waals surface area (Å²) in [5.74, 6) is 0. The van der Waals surface area contributed by atoms with E-state index in [1.54, 1.807) is 0 Å². The van der Waals surface area contributed by atoms with Gasteiger partial charge >= 0.3 is 26.2 Å². The molecule has 140 valence electrons. The van der Waals surface area contributed by atoms with Crippen molar-refractivity contribution in [2.45, 2.75) is 39.5 Å². The predicted molar refractivity (Wildman–Crippen MR) is 120 cm³/mol. The molecule has 0 radical (unpaired) electrons. The first-order valence-electron chi connectivity index (χ1n) is 9.56. The second kappa shape index (κ2) is 16.7. The van der Waals surface area contributed by atoms with Crippen molar-refractivity contribution < 1.29 is 26.2 Å². The predicted octanol–water partition coefficient (Wildman–Crippen LogP) is 8.36. The molecule has 0 spiro atoms. The van der Waals surface area contributed by atoms with Gasteiger partial charge < -0.3 is 13.8 Å². The Kier molecular flexibility index (Phi) is 15.8. The number of unbranched alkanes of at least 4 members (excludes halogenated alkanes) is 2. The van der Waals surface area contributed by atoms with Crippen LogP contribution in [0, 0.1) is 13.8 Å². The van der Waals surface area contributed by atoms with Crippen molar-refractivity contribution in [3.8, 4) is 0 Å². The number of benzene rings is 2. The average Bonchev–Trinajstić information content (AvgIpc) is 3.37. The summed E-state index contributed by atoms with van der Waals surface area (Å²) in [5.41, 5.74) is 0. The van der Waals surface area contributed by atoms with E-state index in [2.05, 4.69) is 113 Å². The maximum Gasteiger partial charge on any atom is 4.00 e. The molecule has 0 unspecified atom stereocenters. The quantitative estimate of drug-likeness (QED) is 0.277. The molecule has 0 aliphatic heterocycles. The molecule has 4 aromatic rings. The number of fused-ring (bicyclic) bond motifs is 2. The van der Waals surface area contributed by atoms with Crippen LogP contribution in [-0.2, 0) is 26.2 Å². The van der Waals surface area contributed by atoms with Gasteiger partial charge in [-0.25, -0.2) is 0 Å². The fourth-order valence-electron chi connectivity index (χ4n) is 2.14. The van der Waals surface area contributed by atoms with E-state index >= 15 is 0 Å². The van der Waals surface area contributed by atoms with Crippen molar-refractivity contribution in [3.63, 3.8) is 0 Å². The van der Waals surface area contributed by atoms with E-state index in [4.69, 9.17) is 0 Å². The summed E-state index contributed by atoms with van der Waals surface area (Å²) in [7, 11) is 0. The number of hydrogen-bond acceptors (Lipinski definition) is 0. The van der Waals surface area contributed by atoms with Crippen LogP contribution in [0.4, 0.5) is 0 Å². The third-order valence-corrected chi connectivity index (χ3v) is 3.80. The maximum absolute atomic E-state index is 3.60. The van der Waals surface area contributed by atoms with Crippen LogP contribution in [-0.4, -0.2) is 0 Å². The van der Waals surface area contributed by atoms with Crippen LogP contribution < -0.4 is 0 Å². The van der Waals surface area contributed by atoms with Crippen LogP contribution in [0.25, 0.3) is 21.5 Å². The Morgan fingerprint density at radius 1 is 0.630 bits per heavy atom. The zero-order valence-corrected chi connectivity index (χ0v) is 19.3. The molecule has 0 fully saturated rings. The van der Waals surface area contributed by atoms with E-state index in [-0.39, 0.29) is 26.2 Å². The SMILES string of the molecule is [CH2-]CCC.[CH2-]CCC.[Zr+4].c1ccc2[cH-]ccc2c1.c1ccc2[cH-]ccc2c1. The molecule has 27 heavy (non-hydrogen) atoms. The van der Waals surface area contributed by atoms with Crippen LogP contribution in [0.3, 0.4) is 0 Å². The van der Waals surface area contributed by atoms with Crippen molar-refractivity contribution in [1.29, 1.82) is 0 Å². The van der Waals surface area contributed by atoms with E-state index in [0.717, 1.165) is 12.8 Å². The summed E-state index contributed by atoms with van der Waals surface area (Å²) < 4.78 is 0. The van der Waals surface area contributed by atoms with Gasteiger partial charge in [-0.3, -0.25) is 0 Å². The Morgan fingerprint density at radius 2 is 0.963 bits per heavy atom. The Balaban J connectivity index is 0.000000357. The summed E-state index contributed by atoms with van der Waals surface area (Å²) in [4.78, 5) is 0. The van der Waals surface area contributed by atoms with E-state index in [1.807, 2.05) is 0 Å². The van der Waals surface area contributed by atoms with Gasteiger partial charge in [-0.2, -0.15) is 47.9 Å². The van der Waals surface area contributed by atoms with Crippen molar-refractivity contribution in [3.05, 3.63) is 98.8 Å². The van der Waals surface area contributed by atoms with Crippen molar-refractivity contribution >= 4 is 21.5 Å². The zero-order chi connectivity index (χ0) is 19.0. The molecule has 0 amide bonds. The molecular weight excluding hydrogens is 404 g/mol. The summed E-state index contributed by atoms with van der Waals surface area (Å²) in [6.07, 6.45) is 4.56. The van der Waals surface area contributed by atoms with E-state index in [9.17, 15) is 0 Å². The summed E-state index contributed by atoms with van der Waals surface area (Å²) in [6, 6.07) is 29.3. The van der Waals surface area contributed by atoms with Gasteiger partial charge in [-0.05, 0) is 0 Å². The third-order valence-electron chi connectivity index (χ3n) is 3.80. The molecule has 0 N–H and O–H groups in total. The molecule has 4 aromatic carbocycles. The zero-order valence-electron chi connectivity index (χ0n) is 16.8. The topological polar surface area (TPSA) is 0 Å². The fraction of sp³-hybridized carbons (Fsp3) is 0.231. The van der Waals surface area contributed by atoms with Crippen LogP contribution in [0.15, 0.2) is 84.9 Å². The average molecular weight is 436 g/mol. The van der Waals surface area contributed by atoms with E-state index in [0.29, 0.717) is 0 Å². The number of rotatable bonds is 2. The van der Waals surface area contributed by atoms with Crippen molar-refractivity contribution in [1.82, 2.24) is 0 Å². The van der Waals surface area contributed by atoms with Gasteiger partial charge in [0.2, 0.25) is 0 Å². The molecular formula is C26H32Zr. The molecule has 0 saturated heterocycles. The molecule has 0 heterocycles. The normalized spacial score (nSPS) is 9.04. The summed E-state index contributed by atoms with van der Waals surface area (Å²) >= 11 is 0. The summed E-state index contributed by atoms with van der Waals surface area (Å²) in [5, 5.41) is 5.32. The largest absolute Gasteiger partial charge is 4.00 e. The van der Waals surface area contributed by atoms with Gasteiger partial charge in [0, 0.05) is 0 Å². The minimum Gasteiger partial charge on any atom is -0.343 e. The monoisotopic (exact) mass is 434 g/mol. The molecule has 1 heteroatoms. The molecule has 0 aromatic heterocycles. The molecule has 0 bridgehead atoms. The van der Waals surface area contributed by atoms with Gasteiger partial charge in [0.15, 0.2) is 0 Å². The van der Waals surface area contributed by atoms with Crippen molar-refractivity contribution in [2.24, 2.45) is 0 Å². The molecule has 0 aliphatic rings. The van der Waals surface area contributed by atoms with Gasteiger partial charge in [-0.1, -0.05) is 38.8 Å². The Bertz CT molecular complexity index is 672. The van der Waals surface area contributed by atoms with Crippen LogP contribution in [0.1, 0.15) is 39.5 Å². The molecule has 0 atom stereocenters. The molecule has 0 nitrogen and oxygen atoms in total. The van der Waals surface area contributed by atoms with Crippen LogP contribution >= 0.6 is 0 Å². The van der Waals surface area contributed by atoms with E-state index < -0.39 is 0 Å². The first-order valence-corrected chi connectivity index (χ1v) is 9.56. The first-order chi connectivity index (χ1) is 12.8. The Labute approximate surface area is 185 Å². The van der Waals surface area contributed by atoms with Gasteiger partial charge in [-0.15, -0.1) is 59.3 Å². The molecule has 0 saturated carbocycles. The minimum absolute atomic E-state index is 0. The second-order valence-electron chi connectivity index (χ2n) is 6.02. The first kappa shape index (κ1) is 25.5. The van der Waals surface area contributed by atoms with Crippen molar-refractivity contribution in [2.75, 3.05) is 0 Å². The minimum atomic E-state index is 0. The fourth-order valence-corrected chi connectivity index (χ4v) is 2.14. The Hall–Kier alpha value is -1.46. The van der Waals surface area contributed by atoms with E-state index in [1.165, 1.54) is 34.4 Å². The molecule has 0 aliphatic carbocycles. The Morgan fingerprint density at radius 3 is 1.26 bits per heavy atom. The smallest absolute Gasteiger partial charge is 0.343 e. The molecule has 4 rings (SSSR count). The standard InChI is InChI=1S/2C9H7.2C4H9.Zr/c2*1-2-5-9-7-3-6-8(9)4-1;2*1-3-4-2;/h2*1-7H;2*1,3-4H2,2H3;/q4*-1;+4.